The minimum Gasteiger partial charge on any atom is -0.412 e. The molecule has 0 aliphatic carbocycles. The second-order valence-corrected chi connectivity index (χ2v) is 0. The monoisotopic (exact) mass is 262 g/mol. The maximum atomic E-state index is 0. The topological polar surface area (TPSA) is 94.5 Å². The van der Waals surface area contributed by atoms with Crippen LogP contribution < -0.4 is 0 Å². The van der Waals surface area contributed by atoms with Gasteiger partial charge in [-0.25, -0.2) is 0 Å². The normalized spacial score (nSPS) is 0. The fourth-order valence-corrected chi connectivity index (χ4v) is 0. The standard InChI is InChI=1S/2K.3H2O.Te/h;;3*1H2;. The van der Waals surface area contributed by atoms with E-state index in [0.717, 1.165) is 0 Å². The summed E-state index contributed by atoms with van der Waals surface area (Å²) in [6, 6.07) is 0. The molecule has 0 amide bonds. The molecule has 0 atom stereocenters. The second-order valence-electron chi connectivity index (χ2n) is 0. The Kier molecular flexibility index (Phi) is 309. The van der Waals surface area contributed by atoms with Gasteiger partial charge in [0.1, 0.15) is 0 Å². The quantitative estimate of drug-likeness (QED) is 0.402. The summed E-state index contributed by atoms with van der Waals surface area (Å²) in [6.45, 7) is 0. The summed E-state index contributed by atoms with van der Waals surface area (Å²) in [5.74, 6) is 0. The average molecular weight is 260 g/mol. The molecule has 0 aliphatic heterocycles. The zero-order valence-electron chi connectivity index (χ0n) is 3.91. The zero-order chi connectivity index (χ0) is 0. The molecule has 6 N–H and O–H groups in total. The van der Waals surface area contributed by atoms with Crippen molar-refractivity contribution in [1.29, 1.82) is 0 Å². The van der Waals surface area contributed by atoms with E-state index in [9.17, 15) is 0 Å². The Hall–Kier alpha value is 3.94. The first-order valence-electron chi connectivity index (χ1n) is 0. The fourth-order valence-electron chi connectivity index (χ4n) is 0. The van der Waals surface area contributed by atoms with E-state index in [0.29, 0.717) is 0 Å². The predicted molar refractivity (Wildman–Crippen MR) is 28.1 cm³/mol. The van der Waals surface area contributed by atoms with Gasteiger partial charge < -0.3 is 16.4 Å². The molecule has 0 aliphatic rings. The molecule has 6 heavy (non-hydrogen) atoms. The van der Waals surface area contributed by atoms with Crippen LogP contribution in [-0.2, 0) is 0 Å². The maximum Gasteiger partial charge on any atom is 0 e. The van der Waals surface area contributed by atoms with Crippen LogP contribution in [0, 0.1) is 0 Å². The largest absolute Gasteiger partial charge is 0.412 e. The van der Waals surface area contributed by atoms with E-state index < -0.39 is 0 Å². The Labute approximate surface area is 139 Å². The molecule has 0 heterocycles. The molecule has 32 valence electrons. The Morgan fingerprint density at radius 2 is 0.500 bits per heavy atom. The molecule has 0 aromatic rings. The van der Waals surface area contributed by atoms with Gasteiger partial charge in [0.2, 0.25) is 0 Å². The van der Waals surface area contributed by atoms with Gasteiger partial charge in [0.05, 0.1) is 0 Å². The molecule has 0 saturated carbocycles. The van der Waals surface area contributed by atoms with E-state index in [4.69, 9.17) is 0 Å². The molecule has 0 saturated heterocycles. The Balaban J connectivity index is 0. The van der Waals surface area contributed by atoms with E-state index in [1.165, 1.54) is 0 Å². The van der Waals surface area contributed by atoms with E-state index in [1.807, 2.05) is 0 Å². The first-order valence-corrected chi connectivity index (χ1v) is 0. The molecular formula is H6K2O3Te. The van der Waals surface area contributed by atoms with Gasteiger partial charge in [-0.2, -0.15) is 0 Å². The first-order chi connectivity index (χ1) is 0. The van der Waals surface area contributed by atoms with E-state index in [2.05, 4.69) is 0 Å². The third-order valence-electron chi connectivity index (χ3n) is 0. The Morgan fingerprint density at radius 1 is 0.500 bits per heavy atom. The fraction of sp³-hybridized carbons (Fsp3) is 0. The van der Waals surface area contributed by atoms with Gasteiger partial charge in [-0.05, 0) is 0 Å². The molecule has 0 bridgehead atoms. The van der Waals surface area contributed by atoms with Crippen molar-refractivity contribution >= 4 is 126 Å². The van der Waals surface area contributed by atoms with Crippen LogP contribution in [0.4, 0.5) is 0 Å². The number of hydrogen-bond acceptors (Lipinski definition) is 0. The van der Waals surface area contributed by atoms with Gasteiger partial charge in [0, 0.05) is 126 Å². The van der Waals surface area contributed by atoms with E-state index in [1.54, 1.807) is 0 Å². The van der Waals surface area contributed by atoms with Crippen molar-refractivity contribution in [2.24, 2.45) is 0 Å². The van der Waals surface area contributed by atoms with Gasteiger partial charge in [0.25, 0.3) is 0 Å². The summed E-state index contributed by atoms with van der Waals surface area (Å²) in [5, 5.41) is 0. The van der Waals surface area contributed by atoms with E-state index >= 15 is 0 Å². The molecule has 0 aromatic heterocycles. The third-order valence-corrected chi connectivity index (χ3v) is 0. The summed E-state index contributed by atoms with van der Waals surface area (Å²) in [4.78, 5) is 0. The van der Waals surface area contributed by atoms with Crippen molar-refractivity contribution in [3.63, 3.8) is 0 Å². The van der Waals surface area contributed by atoms with Crippen molar-refractivity contribution in [2.45, 2.75) is 0 Å². The number of rotatable bonds is 0. The van der Waals surface area contributed by atoms with Gasteiger partial charge >= 0.3 is 0 Å². The van der Waals surface area contributed by atoms with Gasteiger partial charge in [-0.15, -0.1) is 0 Å². The number of hydrogen-bond donors (Lipinski definition) is 0. The Bertz CT molecular complexity index is 8.75. The van der Waals surface area contributed by atoms with Gasteiger partial charge in [-0.3, -0.25) is 0 Å². The van der Waals surface area contributed by atoms with Gasteiger partial charge in [0.15, 0.2) is 0 Å². The summed E-state index contributed by atoms with van der Waals surface area (Å²) in [6.07, 6.45) is 0. The smallest absolute Gasteiger partial charge is 0 e. The Morgan fingerprint density at radius 3 is 0.500 bits per heavy atom. The van der Waals surface area contributed by atoms with Crippen molar-refractivity contribution in [3.8, 4) is 0 Å². The SMILES string of the molecule is O.O.O.[K].[K].[Te]. The molecular weight excluding hydrogens is 254 g/mol. The van der Waals surface area contributed by atoms with Crippen molar-refractivity contribution in [3.05, 3.63) is 0 Å². The van der Waals surface area contributed by atoms with Crippen molar-refractivity contribution < 1.29 is 16.4 Å². The molecule has 0 unspecified atom stereocenters. The summed E-state index contributed by atoms with van der Waals surface area (Å²) >= 11 is 0. The summed E-state index contributed by atoms with van der Waals surface area (Å²) < 4.78 is 0. The molecule has 0 fully saturated rings. The van der Waals surface area contributed by atoms with Crippen LogP contribution >= 0.6 is 0 Å². The summed E-state index contributed by atoms with van der Waals surface area (Å²) in [5.41, 5.74) is 0. The third kappa shape index (κ3) is 24.6. The molecule has 6 heteroatoms. The van der Waals surface area contributed by atoms with Crippen LogP contribution in [0.5, 0.6) is 0 Å². The van der Waals surface area contributed by atoms with E-state index in [-0.39, 0.29) is 143 Å². The second kappa shape index (κ2) is 36.3. The van der Waals surface area contributed by atoms with Crippen LogP contribution in [0.3, 0.4) is 0 Å². The van der Waals surface area contributed by atoms with Crippen molar-refractivity contribution in [1.82, 2.24) is 0 Å². The minimum atomic E-state index is 0. The maximum absolute atomic E-state index is 0. The van der Waals surface area contributed by atoms with Crippen LogP contribution in [0.15, 0.2) is 0 Å². The molecule has 4 radical (unpaired) electrons. The first kappa shape index (κ1) is 51.2. The zero-order valence-corrected chi connectivity index (χ0v) is 12.5. The average Bonchev–Trinajstić information content (AvgIpc) is 0. The molecule has 0 aromatic carbocycles. The van der Waals surface area contributed by atoms with Gasteiger partial charge in [-0.1, -0.05) is 0 Å². The predicted octanol–water partition coefficient (Wildman–Crippen LogP) is -3.62. The molecule has 0 spiro atoms. The van der Waals surface area contributed by atoms with Crippen LogP contribution in [-0.4, -0.2) is 143 Å². The van der Waals surface area contributed by atoms with Crippen LogP contribution in [0.1, 0.15) is 0 Å². The van der Waals surface area contributed by atoms with Crippen LogP contribution in [0.25, 0.3) is 0 Å². The molecule has 3 nitrogen and oxygen atoms in total. The molecule has 0 rings (SSSR count). The van der Waals surface area contributed by atoms with Crippen LogP contribution in [0.2, 0.25) is 0 Å². The minimum absolute atomic E-state index is 0. The summed E-state index contributed by atoms with van der Waals surface area (Å²) in [7, 11) is 0. The van der Waals surface area contributed by atoms with Crippen molar-refractivity contribution in [2.75, 3.05) is 0 Å².